The molecule has 0 bridgehead atoms. The number of hydrogen-bond donors (Lipinski definition) is 2. The maximum absolute atomic E-state index is 11.4. The van der Waals surface area contributed by atoms with Crippen LogP contribution in [0.25, 0.3) is 0 Å². The second-order valence-corrected chi connectivity index (χ2v) is 6.95. The summed E-state index contributed by atoms with van der Waals surface area (Å²) in [7, 11) is 2.19. The Kier molecular flexibility index (Phi) is 6.46. The lowest BCUT2D eigenvalue weighted by atomic mass is 9.94. The van der Waals surface area contributed by atoms with Gasteiger partial charge in [-0.25, -0.2) is 0 Å². The molecule has 1 saturated carbocycles. The molecule has 0 heterocycles. The third-order valence-electron chi connectivity index (χ3n) is 4.52. The molecule has 2 atom stereocenters. The van der Waals surface area contributed by atoms with Gasteiger partial charge in [0.05, 0.1) is 0 Å². The van der Waals surface area contributed by atoms with Crippen LogP contribution in [0.3, 0.4) is 0 Å². The van der Waals surface area contributed by atoms with Crippen LogP contribution in [0.15, 0.2) is 0 Å². The van der Waals surface area contributed by atoms with Crippen molar-refractivity contribution in [3.63, 3.8) is 0 Å². The highest BCUT2D eigenvalue weighted by atomic mass is 16.4. The van der Waals surface area contributed by atoms with E-state index in [0.717, 1.165) is 25.3 Å². The van der Waals surface area contributed by atoms with Gasteiger partial charge in [0, 0.05) is 12.1 Å². The number of rotatable bonds is 10. The zero-order chi connectivity index (χ0) is 15.3. The Morgan fingerprint density at radius 3 is 2.40 bits per heavy atom. The summed E-state index contributed by atoms with van der Waals surface area (Å²) in [6, 6.07) is 0.864. The smallest absolute Gasteiger partial charge is 0.323 e. The molecular weight excluding hydrogens is 252 g/mol. The topological polar surface area (TPSA) is 52.6 Å². The van der Waals surface area contributed by atoms with Gasteiger partial charge in [-0.15, -0.1) is 0 Å². The Hall–Kier alpha value is -0.610. The van der Waals surface area contributed by atoms with E-state index in [1.165, 1.54) is 12.8 Å². The third-order valence-corrected chi connectivity index (χ3v) is 4.52. The molecule has 0 radical (unpaired) electrons. The molecule has 20 heavy (non-hydrogen) atoms. The molecule has 0 saturated heterocycles. The van der Waals surface area contributed by atoms with Crippen molar-refractivity contribution in [2.45, 2.75) is 77.4 Å². The molecule has 1 aliphatic carbocycles. The van der Waals surface area contributed by atoms with Crippen molar-refractivity contribution in [2.75, 3.05) is 13.6 Å². The minimum absolute atomic E-state index is 0.189. The van der Waals surface area contributed by atoms with Crippen LogP contribution in [-0.4, -0.2) is 47.2 Å². The van der Waals surface area contributed by atoms with E-state index in [4.69, 9.17) is 0 Å². The van der Waals surface area contributed by atoms with Gasteiger partial charge in [-0.05, 0) is 79.3 Å². The fourth-order valence-corrected chi connectivity index (χ4v) is 2.86. The number of nitrogens with one attached hydrogen (secondary N) is 1. The molecule has 0 aliphatic heterocycles. The second-order valence-electron chi connectivity index (χ2n) is 6.95. The highest BCUT2D eigenvalue weighted by Gasteiger charge is 2.33. The van der Waals surface area contributed by atoms with Crippen LogP contribution in [0.4, 0.5) is 0 Å². The Bertz CT molecular complexity index is 316. The van der Waals surface area contributed by atoms with Gasteiger partial charge >= 0.3 is 5.97 Å². The van der Waals surface area contributed by atoms with Crippen LogP contribution in [0.2, 0.25) is 0 Å². The molecule has 2 unspecified atom stereocenters. The van der Waals surface area contributed by atoms with E-state index in [-0.39, 0.29) is 6.04 Å². The quantitative estimate of drug-likeness (QED) is 0.606. The van der Waals surface area contributed by atoms with Crippen molar-refractivity contribution in [3.8, 4) is 0 Å². The van der Waals surface area contributed by atoms with E-state index in [9.17, 15) is 9.90 Å². The van der Waals surface area contributed by atoms with Crippen molar-refractivity contribution in [1.82, 2.24) is 10.2 Å². The first-order valence-electron chi connectivity index (χ1n) is 7.97. The molecule has 118 valence electrons. The number of carbonyl (C=O) groups is 1. The normalized spacial score (nSPS) is 20.1. The molecule has 4 nitrogen and oxygen atoms in total. The van der Waals surface area contributed by atoms with Crippen LogP contribution in [0.5, 0.6) is 0 Å². The average molecular weight is 284 g/mol. The van der Waals surface area contributed by atoms with Gasteiger partial charge in [0.15, 0.2) is 0 Å². The van der Waals surface area contributed by atoms with Crippen LogP contribution < -0.4 is 5.32 Å². The first kappa shape index (κ1) is 17.4. The fourth-order valence-electron chi connectivity index (χ4n) is 2.86. The van der Waals surface area contributed by atoms with Crippen LogP contribution in [-0.2, 0) is 4.79 Å². The maximum atomic E-state index is 11.4. The first-order chi connectivity index (χ1) is 9.26. The molecular formula is C16H32N2O2. The van der Waals surface area contributed by atoms with Gasteiger partial charge in [0.25, 0.3) is 0 Å². The van der Waals surface area contributed by atoms with Gasteiger partial charge in [-0.1, -0.05) is 0 Å². The number of aliphatic carboxylic acids is 1. The summed E-state index contributed by atoms with van der Waals surface area (Å²) in [6.45, 7) is 9.15. The third kappa shape index (κ3) is 5.41. The van der Waals surface area contributed by atoms with E-state index in [0.29, 0.717) is 12.5 Å². The minimum atomic E-state index is -0.797. The second kappa shape index (κ2) is 7.41. The van der Waals surface area contributed by atoms with E-state index in [1.54, 1.807) is 6.92 Å². The summed E-state index contributed by atoms with van der Waals surface area (Å²) in [5.41, 5.74) is -0.797. The lowest BCUT2D eigenvalue weighted by Gasteiger charge is -2.29. The summed E-state index contributed by atoms with van der Waals surface area (Å²) >= 11 is 0. The molecule has 1 fully saturated rings. The van der Waals surface area contributed by atoms with Gasteiger partial charge in [-0.3, -0.25) is 10.1 Å². The molecule has 0 spiro atoms. The number of carboxylic acid groups (broad SMARTS) is 1. The Morgan fingerprint density at radius 1 is 1.35 bits per heavy atom. The maximum Gasteiger partial charge on any atom is 0.323 e. The van der Waals surface area contributed by atoms with Crippen LogP contribution in [0, 0.1) is 5.92 Å². The van der Waals surface area contributed by atoms with Gasteiger partial charge in [0.1, 0.15) is 5.54 Å². The Labute approximate surface area is 123 Å². The Balaban J connectivity index is 2.28. The van der Waals surface area contributed by atoms with Gasteiger partial charge < -0.3 is 10.0 Å². The lowest BCUT2D eigenvalue weighted by molar-refractivity contribution is -0.144. The van der Waals surface area contributed by atoms with Crippen LogP contribution >= 0.6 is 0 Å². The summed E-state index contributed by atoms with van der Waals surface area (Å²) in [5, 5.41) is 12.6. The molecule has 0 aromatic carbocycles. The lowest BCUT2D eigenvalue weighted by Crippen LogP contribution is -2.52. The monoisotopic (exact) mass is 284 g/mol. The highest BCUT2D eigenvalue weighted by molar-refractivity contribution is 5.78. The molecule has 0 aromatic rings. The molecule has 4 heteroatoms. The zero-order valence-corrected chi connectivity index (χ0v) is 13.8. The summed E-state index contributed by atoms with van der Waals surface area (Å²) < 4.78 is 0. The highest BCUT2D eigenvalue weighted by Crippen LogP contribution is 2.34. The average Bonchev–Trinajstić information content (AvgIpc) is 3.16. The first-order valence-corrected chi connectivity index (χ1v) is 7.97. The van der Waals surface area contributed by atoms with E-state index < -0.39 is 11.5 Å². The van der Waals surface area contributed by atoms with Gasteiger partial charge in [0.2, 0.25) is 0 Å². The standard InChI is InChI=1S/C16H32N2O2/c1-12(2)17-16(4,15(19)20)10-6-7-11-18(5)13(3)14-8-9-14/h12-14,17H,6-11H2,1-5H3,(H,19,20). The molecule has 0 aromatic heterocycles. The summed E-state index contributed by atoms with van der Waals surface area (Å²) in [4.78, 5) is 13.8. The van der Waals surface area contributed by atoms with E-state index >= 15 is 0 Å². The minimum Gasteiger partial charge on any atom is -0.480 e. The van der Waals surface area contributed by atoms with Crippen molar-refractivity contribution in [1.29, 1.82) is 0 Å². The SMILES string of the molecule is CC(C)NC(C)(CCCCN(C)C(C)C1CC1)C(=O)O. The molecule has 2 N–H and O–H groups in total. The molecule has 1 rings (SSSR count). The number of hydrogen-bond acceptors (Lipinski definition) is 3. The predicted molar refractivity (Wildman–Crippen MR) is 83.0 cm³/mol. The fraction of sp³-hybridized carbons (Fsp3) is 0.938. The van der Waals surface area contributed by atoms with Crippen molar-refractivity contribution in [2.24, 2.45) is 5.92 Å². The summed E-state index contributed by atoms with van der Waals surface area (Å²) in [5.74, 6) is 0.151. The van der Waals surface area contributed by atoms with Crippen molar-refractivity contribution in [3.05, 3.63) is 0 Å². The largest absolute Gasteiger partial charge is 0.480 e. The van der Waals surface area contributed by atoms with E-state index in [1.807, 2.05) is 13.8 Å². The molecule has 1 aliphatic rings. The number of unbranched alkanes of at least 4 members (excludes halogenated alkanes) is 1. The number of carboxylic acids is 1. The van der Waals surface area contributed by atoms with Crippen LogP contribution in [0.1, 0.15) is 59.8 Å². The van der Waals surface area contributed by atoms with Crippen molar-refractivity contribution < 1.29 is 9.90 Å². The Morgan fingerprint density at radius 2 is 1.95 bits per heavy atom. The molecule has 0 amide bonds. The zero-order valence-electron chi connectivity index (χ0n) is 13.8. The summed E-state index contributed by atoms with van der Waals surface area (Å²) in [6.07, 6.45) is 5.45. The van der Waals surface area contributed by atoms with Gasteiger partial charge in [-0.2, -0.15) is 0 Å². The van der Waals surface area contributed by atoms with E-state index in [2.05, 4.69) is 24.2 Å². The predicted octanol–water partition coefficient (Wildman–Crippen LogP) is 2.73. The number of nitrogens with zero attached hydrogens (tertiary/aromatic N) is 1. The van der Waals surface area contributed by atoms with Crippen molar-refractivity contribution >= 4 is 5.97 Å².